The molecule has 2 heterocycles. The zero-order valence-corrected chi connectivity index (χ0v) is 10.1. The van der Waals surface area contributed by atoms with Gasteiger partial charge in [-0.2, -0.15) is 0 Å². The highest BCUT2D eigenvalue weighted by atomic mass is 16.4. The van der Waals surface area contributed by atoms with Gasteiger partial charge >= 0.3 is 5.97 Å². The van der Waals surface area contributed by atoms with E-state index in [1.54, 1.807) is 0 Å². The van der Waals surface area contributed by atoms with Crippen LogP contribution in [0.25, 0.3) is 0 Å². The van der Waals surface area contributed by atoms with Crippen LogP contribution in [0.2, 0.25) is 0 Å². The average molecular weight is 240 g/mol. The van der Waals surface area contributed by atoms with Crippen LogP contribution in [0.1, 0.15) is 32.6 Å². The van der Waals surface area contributed by atoms with Crippen LogP contribution in [-0.4, -0.2) is 35.6 Å². The zero-order chi connectivity index (χ0) is 12.4. The van der Waals surface area contributed by atoms with Crippen LogP contribution in [0.5, 0.6) is 0 Å². The van der Waals surface area contributed by atoms with E-state index in [4.69, 9.17) is 5.11 Å². The Hall–Kier alpha value is -1.10. The van der Waals surface area contributed by atoms with Crippen molar-refractivity contribution in [3.05, 3.63) is 0 Å². The monoisotopic (exact) mass is 240 g/mol. The van der Waals surface area contributed by atoms with Gasteiger partial charge in [0.05, 0.1) is 11.8 Å². The van der Waals surface area contributed by atoms with Crippen molar-refractivity contribution in [2.45, 2.75) is 44.7 Å². The van der Waals surface area contributed by atoms with E-state index in [0.29, 0.717) is 18.5 Å². The van der Waals surface area contributed by atoms with Gasteiger partial charge < -0.3 is 15.7 Å². The lowest BCUT2D eigenvalue weighted by Gasteiger charge is -2.20. The summed E-state index contributed by atoms with van der Waals surface area (Å²) in [7, 11) is 0. The van der Waals surface area contributed by atoms with Crippen molar-refractivity contribution in [1.82, 2.24) is 10.6 Å². The molecule has 0 radical (unpaired) electrons. The highest BCUT2D eigenvalue weighted by molar-refractivity contribution is 5.81. The molecular formula is C12H20N2O3. The van der Waals surface area contributed by atoms with E-state index in [0.717, 1.165) is 12.8 Å². The Kier molecular flexibility index (Phi) is 3.66. The summed E-state index contributed by atoms with van der Waals surface area (Å²) in [5.74, 6) is -1.24. The van der Waals surface area contributed by atoms with Crippen LogP contribution in [0, 0.1) is 11.8 Å². The number of carboxylic acid groups (broad SMARTS) is 1. The van der Waals surface area contributed by atoms with Crippen LogP contribution in [0.3, 0.4) is 0 Å². The fraction of sp³-hybridized carbons (Fsp3) is 0.833. The number of hydrogen-bond donors (Lipinski definition) is 3. The molecule has 5 nitrogen and oxygen atoms in total. The maximum Gasteiger partial charge on any atom is 0.308 e. The van der Waals surface area contributed by atoms with E-state index in [1.165, 1.54) is 6.42 Å². The maximum absolute atomic E-state index is 11.9. The third-order valence-electron chi connectivity index (χ3n) is 4.00. The molecule has 2 aliphatic rings. The molecule has 0 spiro atoms. The molecule has 0 aliphatic carbocycles. The number of amides is 1. The molecule has 4 unspecified atom stereocenters. The normalized spacial score (nSPS) is 32.4. The van der Waals surface area contributed by atoms with Gasteiger partial charge in [0.25, 0.3) is 0 Å². The van der Waals surface area contributed by atoms with Gasteiger partial charge in [-0.15, -0.1) is 0 Å². The van der Waals surface area contributed by atoms with Gasteiger partial charge in [0.15, 0.2) is 0 Å². The minimum absolute atomic E-state index is 0.0180. The van der Waals surface area contributed by atoms with Crippen LogP contribution in [-0.2, 0) is 9.59 Å². The lowest BCUT2D eigenvalue weighted by Crippen LogP contribution is -2.40. The van der Waals surface area contributed by atoms with Gasteiger partial charge in [-0.25, -0.2) is 0 Å². The molecule has 0 aromatic carbocycles. The molecule has 4 atom stereocenters. The maximum atomic E-state index is 11.9. The smallest absolute Gasteiger partial charge is 0.308 e. The summed E-state index contributed by atoms with van der Waals surface area (Å²) in [5, 5.41) is 15.1. The van der Waals surface area contributed by atoms with Gasteiger partial charge in [0.2, 0.25) is 5.91 Å². The number of carboxylic acids is 1. The van der Waals surface area contributed by atoms with Crippen molar-refractivity contribution in [1.29, 1.82) is 0 Å². The molecule has 1 amide bonds. The number of nitrogens with one attached hydrogen (secondary N) is 2. The molecule has 5 heteroatoms. The molecule has 17 heavy (non-hydrogen) atoms. The summed E-state index contributed by atoms with van der Waals surface area (Å²) in [5.41, 5.74) is 0. The molecule has 2 saturated heterocycles. The Morgan fingerprint density at radius 2 is 2.24 bits per heavy atom. The first kappa shape index (κ1) is 12.4. The Bertz CT molecular complexity index is 319. The Labute approximate surface area is 101 Å². The molecule has 96 valence electrons. The summed E-state index contributed by atoms with van der Waals surface area (Å²) < 4.78 is 0. The molecule has 2 bridgehead atoms. The summed E-state index contributed by atoms with van der Waals surface area (Å²) in [6.45, 7) is 2.07. The quantitative estimate of drug-likeness (QED) is 0.648. The van der Waals surface area contributed by atoms with Gasteiger partial charge in [-0.05, 0) is 25.7 Å². The van der Waals surface area contributed by atoms with E-state index in [1.807, 2.05) is 6.92 Å². The second-order valence-electron chi connectivity index (χ2n) is 5.08. The second-order valence-corrected chi connectivity index (χ2v) is 5.08. The first-order valence-electron chi connectivity index (χ1n) is 6.38. The molecule has 0 aromatic heterocycles. The third-order valence-corrected chi connectivity index (χ3v) is 4.00. The lowest BCUT2D eigenvalue weighted by molar-refractivity contribution is -0.141. The lowest BCUT2D eigenvalue weighted by atomic mass is 9.88. The fourth-order valence-corrected chi connectivity index (χ4v) is 2.88. The van der Waals surface area contributed by atoms with Crippen molar-refractivity contribution >= 4 is 11.9 Å². The average Bonchev–Trinajstić information content (AvgIpc) is 2.90. The SMILES string of the molecule is CCC(CNC(=O)C1CC2CCC1N2)C(=O)O. The third kappa shape index (κ3) is 2.60. The second kappa shape index (κ2) is 5.04. The summed E-state index contributed by atoms with van der Waals surface area (Å²) in [4.78, 5) is 22.8. The largest absolute Gasteiger partial charge is 0.481 e. The molecule has 2 aliphatic heterocycles. The zero-order valence-electron chi connectivity index (χ0n) is 10.1. The minimum atomic E-state index is -0.834. The number of fused-ring (bicyclic) bond motifs is 2. The molecular weight excluding hydrogens is 220 g/mol. The van der Waals surface area contributed by atoms with Gasteiger partial charge in [-0.3, -0.25) is 9.59 Å². The van der Waals surface area contributed by atoms with Crippen molar-refractivity contribution < 1.29 is 14.7 Å². The molecule has 2 fully saturated rings. The van der Waals surface area contributed by atoms with E-state index in [9.17, 15) is 9.59 Å². The van der Waals surface area contributed by atoms with E-state index >= 15 is 0 Å². The number of carbonyl (C=O) groups excluding carboxylic acids is 1. The van der Waals surface area contributed by atoms with E-state index < -0.39 is 11.9 Å². The number of rotatable bonds is 5. The van der Waals surface area contributed by atoms with Crippen molar-refractivity contribution in [2.24, 2.45) is 11.8 Å². The van der Waals surface area contributed by atoms with Crippen molar-refractivity contribution in [3.63, 3.8) is 0 Å². The number of carbonyl (C=O) groups is 2. The molecule has 0 saturated carbocycles. The predicted molar refractivity (Wildman–Crippen MR) is 62.5 cm³/mol. The predicted octanol–water partition coefficient (Wildman–Crippen LogP) is 0.354. The minimum Gasteiger partial charge on any atom is -0.481 e. The van der Waals surface area contributed by atoms with Gasteiger partial charge in [-0.1, -0.05) is 6.92 Å². The fourth-order valence-electron chi connectivity index (χ4n) is 2.88. The van der Waals surface area contributed by atoms with Crippen LogP contribution in [0.15, 0.2) is 0 Å². The highest BCUT2D eigenvalue weighted by Crippen LogP contribution is 2.33. The van der Waals surface area contributed by atoms with Gasteiger partial charge in [0, 0.05) is 18.6 Å². The Morgan fingerprint density at radius 3 is 2.71 bits per heavy atom. The van der Waals surface area contributed by atoms with Crippen LogP contribution >= 0.6 is 0 Å². The first-order chi connectivity index (χ1) is 8.11. The number of hydrogen-bond acceptors (Lipinski definition) is 3. The van der Waals surface area contributed by atoms with Crippen LogP contribution in [0.4, 0.5) is 0 Å². The summed E-state index contributed by atoms with van der Waals surface area (Å²) >= 11 is 0. The van der Waals surface area contributed by atoms with Crippen molar-refractivity contribution in [2.75, 3.05) is 6.54 Å². The van der Waals surface area contributed by atoms with E-state index in [-0.39, 0.29) is 18.4 Å². The molecule has 3 N–H and O–H groups in total. The first-order valence-corrected chi connectivity index (χ1v) is 6.38. The molecule has 2 rings (SSSR count). The van der Waals surface area contributed by atoms with Crippen LogP contribution < -0.4 is 10.6 Å². The molecule has 0 aromatic rings. The van der Waals surface area contributed by atoms with E-state index in [2.05, 4.69) is 10.6 Å². The standard InChI is InChI=1S/C12H20N2O3/c1-2-7(12(16)17)6-13-11(15)9-5-8-3-4-10(9)14-8/h7-10,14H,2-6H2,1H3,(H,13,15)(H,16,17). The number of aliphatic carboxylic acids is 1. The van der Waals surface area contributed by atoms with Gasteiger partial charge in [0.1, 0.15) is 0 Å². The Morgan fingerprint density at radius 1 is 1.47 bits per heavy atom. The van der Waals surface area contributed by atoms with Crippen molar-refractivity contribution in [3.8, 4) is 0 Å². The summed E-state index contributed by atoms with van der Waals surface area (Å²) in [6, 6.07) is 0.808. The Balaban J connectivity index is 1.79. The highest BCUT2D eigenvalue weighted by Gasteiger charge is 2.42. The summed E-state index contributed by atoms with van der Waals surface area (Å²) in [6.07, 6.45) is 3.69. The topological polar surface area (TPSA) is 78.4 Å².